The summed E-state index contributed by atoms with van der Waals surface area (Å²) >= 11 is 0. The number of hydrogen-bond acceptors (Lipinski definition) is 4. The number of rotatable bonds is 3. The maximum Gasteiger partial charge on any atom is 0.248 e. The highest BCUT2D eigenvalue weighted by Gasteiger charge is 2.39. The molecule has 3 atom stereocenters. The zero-order chi connectivity index (χ0) is 14.7. The molecule has 2 aliphatic rings. The highest BCUT2D eigenvalue weighted by molar-refractivity contribution is 5.88. The fraction of sp³-hybridized carbons (Fsp3) is 0.857. The lowest BCUT2D eigenvalue weighted by molar-refractivity contribution is -0.152. The first-order valence-corrected chi connectivity index (χ1v) is 7.54. The molecule has 114 valence electrons. The number of amides is 2. The van der Waals surface area contributed by atoms with Gasteiger partial charge in [0.25, 0.3) is 0 Å². The molecule has 0 saturated carbocycles. The van der Waals surface area contributed by atoms with Gasteiger partial charge in [-0.25, -0.2) is 0 Å². The SMILES string of the molecule is CC(O)C(C(=O)N1CCCC1)N1C(=O)CCCNC1C. The van der Waals surface area contributed by atoms with E-state index in [0.29, 0.717) is 6.42 Å². The van der Waals surface area contributed by atoms with Crippen molar-refractivity contribution >= 4 is 11.8 Å². The summed E-state index contributed by atoms with van der Waals surface area (Å²) in [4.78, 5) is 28.2. The molecule has 2 rings (SSSR count). The molecule has 2 aliphatic heterocycles. The van der Waals surface area contributed by atoms with Gasteiger partial charge in [0.1, 0.15) is 6.04 Å². The molecule has 0 aromatic rings. The van der Waals surface area contributed by atoms with E-state index in [1.807, 2.05) is 6.92 Å². The summed E-state index contributed by atoms with van der Waals surface area (Å²) in [6.07, 6.45) is 2.10. The van der Waals surface area contributed by atoms with Gasteiger partial charge in [0.2, 0.25) is 11.8 Å². The summed E-state index contributed by atoms with van der Waals surface area (Å²) in [5, 5.41) is 13.3. The van der Waals surface area contributed by atoms with Crippen molar-refractivity contribution in [3.63, 3.8) is 0 Å². The lowest BCUT2D eigenvalue weighted by atomic mass is 10.1. The minimum atomic E-state index is -0.866. The molecule has 2 heterocycles. The third-order valence-corrected chi connectivity index (χ3v) is 4.14. The highest BCUT2D eigenvalue weighted by atomic mass is 16.3. The standard InChI is InChI=1S/C14H25N3O3/c1-10(18)13(14(20)16-8-3-4-9-16)17-11(2)15-7-5-6-12(17)19/h10-11,13,15,18H,3-9H2,1-2H3. The van der Waals surface area contributed by atoms with Crippen LogP contribution < -0.4 is 5.32 Å². The number of hydrogen-bond donors (Lipinski definition) is 2. The monoisotopic (exact) mass is 283 g/mol. The number of carbonyl (C=O) groups excluding carboxylic acids is 2. The van der Waals surface area contributed by atoms with E-state index in [4.69, 9.17) is 0 Å². The normalized spacial score (nSPS) is 27.4. The number of likely N-dealkylation sites (tertiary alicyclic amines) is 1. The van der Waals surface area contributed by atoms with Gasteiger partial charge < -0.3 is 14.9 Å². The van der Waals surface area contributed by atoms with Gasteiger partial charge in [-0.2, -0.15) is 0 Å². The number of nitrogens with zero attached hydrogens (tertiary/aromatic N) is 2. The molecule has 0 bridgehead atoms. The van der Waals surface area contributed by atoms with Gasteiger partial charge in [-0.1, -0.05) is 0 Å². The molecule has 2 amide bonds. The molecule has 2 saturated heterocycles. The number of aliphatic hydroxyl groups is 1. The smallest absolute Gasteiger partial charge is 0.248 e. The summed E-state index contributed by atoms with van der Waals surface area (Å²) in [5.41, 5.74) is 0. The summed E-state index contributed by atoms with van der Waals surface area (Å²) in [7, 11) is 0. The fourth-order valence-corrected chi connectivity index (χ4v) is 3.07. The molecule has 0 spiro atoms. The lowest BCUT2D eigenvalue weighted by Gasteiger charge is -2.38. The molecule has 0 radical (unpaired) electrons. The Kier molecular flexibility index (Phi) is 4.99. The van der Waals surface area contributed by atoms with Crippen LogP contribution in [0.3, 0.4) is 0 Å². The van der Waals surface area contributed by atoms with Crippen LogP contribution in [0, 0.1) is 0 Å². The summed E-state index contributed by atoms with van der Waals surface area (Å²) in [6.45, 7) is 5.67. The van der Waals surface area contributed by atoms with Crippen molar-refractivity contribution in [3.05, 3.63) is 0 Å². The van der Waals surface area contributed by atoms with Gasteiger partial charge >= 0.3 is 0 Å². The van der Waals surface area contributed by atoms with E-state index in [-0.39, 0.29) is 18.0 Å². The van der Waals surface area contributed by atoms with Gasteiger partial charge in [0.15, 0.2) is 0 Å². The Hall–Kier alpha value is -1.14. The third kappa shape index (κ3) is 3.12. The second-order valence-corrected chi connectivity index (χ2v) is 5.75. The van der Waals surface area contributed by atoms with E-state index in [1.54, 1.807) is 16.7 Å². The molecule has 2 N–H and O–H groups in total. The molecule has 6 heteroatoms. The average molecular weight is 283 g/mol. The Labute approximate surface area is 120 Å². The molecule has 6 nitrogen and oxygen atoms in total. The average Bonchev–Trinajstić information content (AvgIpc) is 2.88. The van der Waals surface area contributed by atoms with E-state index in [2.05, 4.69) is 5.32 Å². The molecule has 2 fully saturated rings. The Morgan fingerprint density at radius 2 is 2.00 bits per heavy atom. The highest BCUT2D eigenvalue weighted by Crippen LogP contribution is 2.19. The molecule has 0 aromatic carbocycles. The second-order valence-electron chi connectivity index (χ2n) is 5.75. The van der Waals surface area contributed by atoms with Crippen molar-refractivity contribution in [1.82, 2.24) is 15.1 Å². The van der Waals surface area contributed by atoms with E-state index in [9.17, 15) is 14.7 Å². The van der Waals surface area contributed by atoms with Crippen LogP contribution in [0.1, 0.15) is 39.5 Å². The zero-order valence-electron chi connectivity index (χ0n) is 12.3. The van der Waals surface area contributed by atoms with Crippen LogP contribution in [0.15, 0.2) is 0 Å². The van der Waals surface area contributed by atoms with Gasteiger partial charge in [-0.15, -0.1) is 0 Å². The van der Waals surface area contributed by atoms with E-state index >= 15 is 0 Å². The lowest BCUT2D eigenvalue weighted by Crippen LogP contribution is -2.60. The Morgan fingerprint density at radius 3 is 2.60 bits per heavy atom. The molecule has 20 heavy (non-hydrogen) atoms. The van der Waals surface area contributed by atoms with Gasteiger partial charge in [-0.3, -0.25) is 14.9 Å². The van der Waals surface area contributed by atoms with Crippen LogP contribution in [-0.2, 0) is 9.59 Å². The van der Waals surface area contributed by atoms with E-state index < -0.39 is 12.1 Å². The first-order chi connectivity index (χ1) is 9.52. The number of aliphatic hydroxyl groups excluding tert-OH is 1. The van der Waals surface area contributed by atoms with Crippen LogP contribution in [0.2, 0.25) is 0 Å². The van der Waals surface area contributed by atoms with Crippen molar-refractivity contribution in [3.8, 4) is 0 Å². The maximum absolute atomic E-state index is 12.6. The first-order valence-electron chi connectivity index (χ1n) is 7.54. The molecule has 0 aliphatic carbocycles. The van der Waals surface area contributed by atoms with Gasteiger partial charge in [-0.05, 0) is 39.7 Å². The molecule has 3 unspecified atom stereocenters. The van der Waals surface area contributed by atoms with Crippen molar-refractivity contribution < 1.29 is 14.7 Å². The second kappa shape index (κ2) is 6.54. The minimum absolute atomic E-state index is 0.0547. The topological polar surface area (TPSA) is 72.9 Å². The minimum Gasteiger partial charge on any atom is -0.391 e. The van der Waals surface area contributed by atoms with Crippen molar-refractivity contribution in [1.29, 1.82) is 0 Å². The van der Waals surface area contributed by atoms with Crippen LogP contribution in [-0.4, -0.2) is 64.7 Å². The Morgan fingerprint density at radius 1 is 1.35 bits per heavy atom. The zero-order valence-corrected chi connectivity index (χ0v) is 12.3. The van der Waals surface area contributed by atoms with Crippen LogP contribution in [0.5, 0.6) is 0 Å². The largest absolute Gasteiger partial charge is 0.391 e. The number of carbonyl (C=O) groups is 2. The fourth-order valence-electron chi connectivity index (χ4n) is 3.07. The Balaban J connectivity index is 2.21. The van der Waals surface area contributed by atoms with Crippen LogP contribution >= 0.6 is 0 Å². The summed E-state index contributed by atoms with van der Waals surface area (Å²) < 4.78 is 0. The van der Waals surface area contributed by atoms with Crippen molar-refractivity contribution in [2.45, 2.75) is 57.8 Å². The molecular formula is C14H25N3O3. The molecular weight excluding hydrogens is 258 g/mol. The van der Waals surface area contributed by atoms with Crippen molar-refractivity contribution in [2.24, 2.45) is 0 Å². The van der Waals surface area contributed by atoms with Gasteiger partial charge in [0, 0.05) is 19.5 Å². The van der Waals surface area contributed by atoms with Crippen LogP contribution in [0.25, 0.3) is 0 Å². The third-order valence-electron chi connectivity index (χ3n) is 4.14. The van der Waals surface area contributed by atoms with E-state index in [0.717, 1.165) is 38.9 Å². The molecule has 0 aromatic heterocycles. The van der Waals surface area contributed by atoms with E-state index in [1.165, 1.54) is 0 Å². The predicted molar refractivity (Wildman–Crippen MR) is 74.8 cm³/mol. The van der Waals surface area contributed by atoms with Gasteiger partial charge in [0.05, 0.1) is 12.3 Å². The summed E-state index contributed by atoms with van der Waals surface area (Å²) in [5.74, 6) is -0.178. The van der Waals surface area contributed by atoms with Crippen molar-refractivity contribution in [2.75, 3.05) is 19.6 Å². The Bertz CT molecular complexity index is 367. The maximum atomic E-state index is 12.6. The quantitative estimate of drug-likeness (QED) is 0.759. The summed E-state index contributed by atoms with van der Waals surface area (Å²) in [6, 6.07) is -0.777. The number of nitrogens with one attached hydrogen (secondary N) is 1. The first kappa shape index (κ1) is 15.3. The predicted octanol–water partition coefficient (Wildman–Crippen LogP) is -0.0838. The van der Waals surface area contributed by atoms with Crippen LogP contribution in [0.4, 0.5) is 0 Å².